The van der Waals surface area contributed by atoms with E-state index in [0.717, 1.165) is 44.5 Å². The van der Waals surface area contributed by atoms with E-state index in [1.807, 2.05) is 0 Å². The minimum atomic E-state index is -4.38. The molecule has 8 heteroatoms. The Kier molecular flexibility index (Phi) is 7.25. The third-order valence-electron chi connectivity index (χ3n) is 4.65. The van der Waals surface area contributed by atoms with Crippen LogP contribution in [0.4, 0.5) is 13.2 Å². The van der Waals surface area contributed by atoms with Crippen molar-refractivity contribution in [3.05, 3.63) is 28.0 Å². The standard InChI is InChI=1S/C17H22BrF3N2O2/c18-14-8-13(17(19,20)21)10-23-15(14)5-6-22-9-12-3-1-11(2-4-12)7-16(24)25/h8,10-12,22H,1-7,9H2,(H,24,25). The zero-order valence-corrected chi connectivity index (χ0v) is 15.4. The van der Waals surface area contributed by atoms with Crippen molar-refractivity contribution in [2.75, 3.05) is 13.1 Å². The van der Waals surface area contributed by atoms with Gasteiger partial charge in [0.05, 0.1) is 11.3 Å². The van der Waals surface area contributed by atoms with Crippen LogP contribution in [0.3, 0.4) is 0 Å². The number of nitrogens with zero attached hydrogens (tertiary/aromatic N) is 1. The Morgan fingerprint density at radius 3 is 2.48 bits per heavy atom. The normalized spacial score (nSPS) is 21.3. The number of rotatable bonds is 7. The summed E-state index contributed by atoms with van der Waals surface area (Å²) in [5.74, 6) is 0.103. The van der Waals surface area contributed by atoms with Gasteiger partial charge < -0.3 is 10.4 Å². The van der Waals surface area contributed by atoms with Gasteiger partial charge in [0.15, 0.2) is 0 Å². The van der Waals surface area contributed by atoms with E-state index in [-0.39, 0.29) is 6.42 Å². The maximum absolute atomic E-state index is 12.6. The van der Waals surface area contributed by atoms with Crippen LogP contribution >= 0.6 is 15.9 Å². The van der Waals surface area contributed by atoms with Gasteiger partial charge in [-0.2, -0.15) is 13.2 Å². The van der Waals surface area contributed by atoms with Gasteiger partial charge in [0.25, 0.3) is 0 Å². The van der Waals surface area contributed by atoms with E-state index in [1.165, 1.54) is 0 Å². The van der Waals surface area contributed by atoms with Crippen molar-refractivity contribution >= 4 is 21.9 Å². The quantitative estimate of drug-likeness (QED) is 0.643. The summed E-state index contributed by atoms with van der Waals surface area (Å²) >= 11 is 3.16. The SMILES string of the molecule is O=C(O)CC1CCC(CNCCc2ncc(C(F)(F)F)cc2Br)CC1. The molecule has 25 heavy (non-hydrogen) atoms. The number of hydrogen-bond acceptors (Lipinski definition) is 3. The van der Waals surface area contributed by atoms with Gasteiger partial charge in [-0.05, 0) is 66.1 Å². The van der Waals surface area contributed by atoms with Crippen molar-refractivity contribution in [3.63, 3.8) is 0 Å². The van der Waals surface area contributed by atoms with Gasteiger partial charge in [0.1, 0.15) is 0 Å². The summed E-state index contributed by atoms with van der Waals surface area (Å²) in [4.78, 5) is 14.6. The second-order valence-corrected chi connectivity index (χ2v) is 7.44. The molecular formula is C17H22BrF3N2O2. The lowest BCUT2D eigenvalue weighted by Crippen LogP contribution is -2.28. The number of carboxylic acids is 1. The van der Waals surface area contributed by atoms with Gasteiger partial charge in [0, 0.05) is 30.1 Å². The van der Waals surface area contributed by atoms with E-state index in [2.05, 4.69) is 26.2 Å². The van der Waals surface area contributed by atoms with Gasteiger partial charge in [-0.25, -0.2) is 0 Å². The molecule has 1 aromatic heterocycles. The molecule has 1 aromatic rings. The maximum Gasteiger partial charge on any atom is 0.417 e. The first-order chi connectivity index (χ1) is 11.8. The van der Waals surface area contributed by atoms with Crippen LogP contribution in [0.15, 0.2) is 16.7 Å². The van der Waals surface area contributed by atoms with Crippen molar-refractivity contribution in [2.45, 2.75) is 44.7 Å². The van der Waals surface area contributed by atoms with E-state index < -0.39 is 17.7 Å². The molecule has 0 amide bonds. The number of hydrogen-bond donors (Lipinski definition) is 2. The Bertz CT molecular complexity index is 588. The number of nitrogens with one attached hydrogen (secondary N) is 1. The van der Waals surface area contributed by atoms with E-state index in [1.54, 1.807) is 0 Å². The third kappa shape index (κ3) is 6.58. The molecule has 140 valence electrons. The van der Waals surface area contributed by atoms with Crippen molar-refractivity contribution in [2.24, 2.45) is 11.8 Å². The molecule has 0 aromatic carbocycles. The Morgan fingerprint density at radius 1 is 1.28 bits per heavy atom. The molecule has 1 aliphatic rings. The van der Waals surface area contributed by atoms with Crippen molar-refractivity contribution in [3.8, 4) is 0 Å². The molecular weight excluding hydrogens is 401 g/mol. The molecule has 1 saturated carbocycles. The highest BCUT2D eigenvalue weighted by atomic mass is 79.9. The first-order valence-corrected chi connectivity index (χ1v) is 9.19. The van der Waals surface area contributed by atoms with Gasteiger partial charge >= 0.3 is 12.1 Å². The van der Waals surface area contributed by atoms with Crippen LogP contribution < -0.4 is 5.32 Å². The number of aliphatic carboxylic acids is 1. The largest absolute Gasteiger partial charge is 0.481 e. The first-order valence-electron chi connectivity index (χ1n) is 8.40. The molecule has 4 nitrogen and oxygen atoms in total. The third-order valence-corrected chi connectivity index (χ3v) is 5.33. The number of pyridine rings is 1. The van der Waals surface area contributed by atoms with Gasteiger partial charge in [0.2, 0.25) is 0 Å². The molecule has 0 atom stereocenters. The molecule has 1 aliphatic carbocycles. The highest BCUT2D eigenvalue weighted by Crippen LogP contribution is 2.32. The highest BCUT2D eigenvalue weighted by Gasteiger charge is 2.31. The predicted molar refractivity (Wildman–Crippen MR) is 91.2 cm³/mol. The summed E-state index contributed by atoms with van der Waals surface area (Å²) < 4.78 is 38.2. The molecule has 0 bridgehead atoms. The van der Waals surface area contributed by atoms with Crippen LogP contribution in [0.25, 0.3) is 0 Å². The number of carbonyl (C=O) groups is 1. The number of halogens is 4. The maximum atomic E-state index is 12.6. The summed E-state index contributed by atoms with van der Waals surface area (Å²) in [7, 11) is 0. The van der Waals surface area contributed by atoms with Crippen LogP contribution in [-0.2, 0) is 17.4 Å². The van der Waals surface area contributed by atoms with E-state index in [4.69, 9.17) is 5.11 Å². The van der Waals surface area contributed by atoms with E-state index in [0.29, 0.717) is 35.0 Å². The lowest BCUT2D eigenvalue weighted by Gasteiger charge is -2.27. The van der Waals surface area contributed by atoms with Crippen LogP contribution in [0.1, 0.15) is 43.4 Å². The monoisotopic (exact) mass is 422 g/mol. The van der Waals surface area contributed by atoms with Crippen molar-refractivity contribution in [1.29, 1.82) is 0 Å². The Labute approximate surface area is 153 Å². The molecule has 1 fully saturated rings. The Hall–Kier alpha value is -1.15. The topological polar surface area (TPSA) is 62.2 Å². The first kappa shape index (κ1) is 20.2. The van der Waals surface area contributed by atoms with E-state index in [9.17, 15) is 18.0 Å². The summed E-state index contributed by atoms with van der Waals surface area (Å²) in [5, 5.41) is 12.1. The number of carboxylic acid groups (broad SMARTS) is 1. The summed E-state index contributed by atoms with van der Waals surface area (Å²) in [6.45, 7) is 1.49. The van der Waals surface area contributed by atoms with Crippen LogP contribution in [0.5, 0.6) is 0 Å². The number of alkyl halides is 3. The van der Waals surface area contributed by atoms with Gasteiger partial charge in [-0.3, -0.25) is 9.78 Å². The fraction of sp³-hybridized carbons (Fsp3) is 0.647. The Morgan fingerprint density at radius 2 is 1.92 bits per heavy atom. The Balaban J connectivity index is 1.69. The fourth-order valence-electron chi connectivity index (χ4n) is 3.20. The molecule has 0 unspecified atom stereocenters. The summed E-state index contributed by atoms with van der Waals surface area (Å²) in [5.41, 5.74) is -0.153. The fourth-order valence-corrected chi connectivity index (χ4v) is 3.75. The molecule has 0 saturated heterocycles. The summed E-state index contributed by atoms with van der Waals surface area (Å²) in [6.07, 6.45) is 1.23. The second kappa shape index (κ2) is 8.98. The van der Waals surface area contributed by atoms with Crippen LogP contribution in [0, 0.1) is 11.8 Å². The smallest absolute Gasteiger partial charge is 0.417 e. The zero-order valence-electron chi connectivity index (χ0n) is 13.8. The van der Waals surface area contributed by atoms with E-state index >= 15 is 0 Å². The molecule has 0 radical (unpaired) electrons. The minimum Gasteiger partial charge on any atom is -0.481 e. The minimum absolute atomic E-state index is 0.258. The molecule has 1 heterocycles. The average Bonchev–Trinajstić information content (AvgIpc) is 2.52. The average molecular weight is 423 g/mol. The molecule has 2 rings (SSSR count). The molecule has 0 aliphatic heterocycles. The molecule has 2 N–H and O–H groups in total. The predicted octanol–water partition coefficient (Wildman–Crippen LogP) is 4.28. The number of aromatic nitrogens is 1. The van der Waals surface area contributed by atoms with Crippen LogP contribution in [0.2, 0.25) is 0 Å². The van der Waals surface area contributed by atoms with Crippen molar-refractivity contribution < 1.29 is 23.1 Å². The summed E-state index contributed by atoms with van der Waals surface area (Å²) in [6, 6.07) is 1.06. The molecule has 0 spiro atoms. The van der Waals surface area contributed by atoms with Crippen LogP contribution in [-0.4, -0.2) is 29.1 Å². The second-order valence-electron chi connectivity index (χ2n) is 6.59. The van der Waals surface area contributed by atoms with Crippen molar-refractivity contribution in [1.82, 2.24) is 10.3 Å². The van der Waals surface area contributed by atoms with Gasteiger partial charge in [-0.15, -0.1) is 0 Å². The lowest BCUT2D eigenvalue weighted by molar-refractivity contribution is -0.139. The zero-order chi connectivity index (χ0) is 18.4. The van der Waals surface area contributed by atoms with Gasteiger partial charge in [-0.1, -0.05) is 0 Å². The highest BCUT2D eigenvalue weighted by molar-refractivity contribution is 9.10. The lowest BCUT2D eigenvalue weighted by atomic mass is 9.80.